The Morgan fingerprint density at radius 1 is 1.47 bits per heavy atom. The average Bonchev–Trinajstić information content (AvgIpc) is 2.70. The number of hydrogen-bond donors (Lipinski definition) is 2. The maximum absolute atomic E-state index is 11.0. The molecule has 6 heteroatoms. The lowest BCUT2D eigenvalue weighted by molar-refractivity contribution is 0.0697. The summed E-state index contributed by atoms with van der Waals surface area (Å²) >= 11 is 0. The number of rotatable bonds is 2. The predicted octanol–water partition coefficient (Wildman–Crippen LogP) is 0.548. The van der Waals surface area contributed by atoms with Crippen molar-refractivity contribution in [3.05, 3.63) is 36.4 Å². The van der Waals surface area contributed by atoms with Gasteiger partial charge in [-0.2, -0.15) is 5.10 Å². The molecular weight excluding hydrogens is 196 g/mol. The van der Waals surface area contributed by atoms with Crippen LogP contribution in [0.15, 0.2) is 30.9 Å². The number of aromatic nitrogens is 3. The molecule has 0 fully saturated rings. The molecule has 76 valence electrons. The molecular formula is C9H8N4O2. The van der Waals surface area contributed by atoms with E-state index in [4.69, 9.17) is 10.8 Å². The molecule has 0 aliphatic carbocycles. The molecule has 0 radical (unpaired) electrons. The molecule has 0 saturated carbocycles. The molecule has 1 aromatic carbocycles. The number of nitrogens with two attached hydrogens (primary N) is 1. The maximum Gasteiger partial charge on any atom is 0.337 e. The molecule has 1 heterocycles. The van der Waals surface area contributed by atoms with Crippen molar-refractivity contribution in [1.29, 1.82) is 0 Å². The van der Waals surface area contributed by atoms with Crippen molar-refractivity contribution in [2.24, 2.45) is 0 Å². The van der Waals surface area contributed by atoms with Gasteiger partial charge < -0.3 is 10.8 Å². The van der Waals surface area contributed by atoms with Gasteiger partial charge in [0.15, 0.2) is 0 Å². The van der Waals surface area contributed by atoms with E-state index in [9.17, 15) is 4.79 Å². The van der Waals surface area contributed by atoms with Gasteiger partial charge in [0.25, 0.3) is 0 Å². The number of nitrogens with zero attached hydrogens (tertiary/aromatic N) is 3. The minimum absolute atomic E-state index is 0.0977. The monoisotopic (exact) mass is 204 g/mol. The Bertz CT molecular complexity index is 493. The van der Waals surface area contributed by atoms with Crippen LogP contribution in [0.2, 0.25) is 0 Å². The largest absolute Gasteiger partial charge is 0.478 e. The summed E-state index contributed by atoms with van der Waals surface area (Å²) < 4.78 is 1.38. The molecule has 0 bridgehead atoms. The van der Waals surface area contributed by atoms with E-state index in [1.165, 1.54) is 23.4 Å². The molecule has 0 saturated heterocycles. The molecule has 0 atom stereocenters. The molecule has 3 N–H and O–H groups in total. The highest BCUT2D eigenvalue weighted by atomic mass is 16.4. The molecule has 0 amide bonds. The zero-order valence-corrected chi connectivity index (χ0v) is 7.66. The van der Waals surface area contributed by atoms with E-state index in [0.29, 0.717) is 11.4 Å². The average molecular weight is 204 g/mol. The topological polar surface area (TPSA) is 94.0 Å². The Hall–Kier alpha value is -2.37. The summed E-state index contributed by atoms with van der Waals surface area (Å²) in [6.07, 6.45) is 2.76. The Morgan fingerprint density at radius 2 is 2.27 bits per heavy atom. The first-order valence-corrected chi connectivity index (χ1v) is 4.16. The first-order chi connectivity index (χ1) is 7.18. The molecule has 0 aliphatic heterocycles. The van der Waals surface area contributed by atoms with E-state index in [0.717, 1.165) is 0 Å². The number of carbonyl (C=O) groups is 1. The molecule has 15 heavy (non-hydrogen) atoms. The third-order valence-electron chi connectivity index (χ3n) is 1.92. The fraction of sp³-hybridized carbons (Fsp3) is 0. The predicted molar refractivity (Wildman–Crippen MR) is 52.7 cm³/mol. The SMILES string of the molecule is Nc1ccc(-n2cncn2)c(C(=O)O)c1. The van der Waals surface area contributed by atoms with Gasteiger partial charge >= 0.3 is 5.97 Å². The number of benzene rings is 1. The van der Waals surface area contributed by atoms with Crippen molar-refractivity contribution < 1.29 is 9.90 Å². The van der Waals surface area contributed by atoms with Crippen LogP contribution in [0.5, 0.6) is 0 Å². The second-order valence-electron chi connectivity index (χ2n) is 2.92. The van der Waals surface area contributed by atoms with Gasteiger partial charge in [-0.3, -0.25) is 0 Å². The molecule has 6 nitrogen and oxygen atoms in total. The number of anilines is 1. The highest BCUT2D eigenvalue weighted by Crippen LogP contribution is 2.16. The fourth-order valence-electron chi connectivity index (χ4n) is 1.26. The van der Waals surface area contributed by atoms with Crippen LogP contribution >= 0.6 is 0 Å². The van der Waals surface area contributed by atoms with Gasteiger partial charge in [-0.15, -0.1) is 0 Å². The number of carboxylic acid groups (broad SMARTS) is 1. The first kappa shape index (κ1) is 9.20. The Kier molecular flexibility index (Phi) is 2.09. The van der Waals surface area contributed by atoms with E-state index in [1.807, 2.05) is 0 Å². The minimum atomic E-state index is -1.05. The van der Waals surface area contributed by atoms with Gasteiger partial charge in [0.1, 0.15) is 12.7 Å². The van der Waals surface area contributed by atoms with Crippen LogP contribution in [0.25, 0.3) is 5.69 Å². The first-order valence-electron chi connectivity index (χ1n) is 4.16. The lowest BCUT2D eigenvalue weighted by Gasteiger charge is -2.05. The van der Waals surface area contributed by atoms with Gasteiger partial charge in [0.2, 0.25) is 0 Å². The second-order valence-corrected chi connectivity index (χ2v) is 2.92. The van der Waals surface area contributed by atoms with E-state index in [-0.39, 0.29) is 5.56 Å². The zero-order chi connectivity index (χ0) is 10.8. The quantitative estimate of drug-likeness (QED) is 0.696. The molecule has 2 rings (SSSR count). The van der Waals surface area contributed by atoms with E-state index in [2.05, 4.69) is 10.1 Å². The molecule has 1 aromatic heterocycles. The summed E-state index contributed by atoms with van der Waals surface area (Å²) in [5, 5.41) is 12.8. The van der Waals surface area contributed by atoms with Crippen LogP contribution in [0.3, 0.4) is 0 Å². The van der Waals surface area contributed by atoms with Gasteiger partial charge in [-0.25, -0.2) is 14.5 Å². The zero-order valence-electron chi connectivity index (χ0n) is 7.66. The lowest BCUT2D eigenvalue weighted by Crippen LogP contribution is -2.06. The van der Waals surface area contributed by atoms with E-state index in [1.54, 1.807) is 12.1 Å². The van der Waals surface area contributed by atoms with Gasteiger partial charge in [0, 0.05) is 5.69 Å². The number of aromatic carboxylic acids is 1. The van der Waals surface area contributed by atoms with Crippen LogP contribution in [0.4, 0.5) is 5.69 Å². The van der Waals surface area contributed by atoms with Crippen molar-refractivity contribution in [2.75, 3.05) is 5.73 Å². The summed E-state index contributed by atoms with van der Waals surface area (Å²) in [7, 11) is 0. The number of carboxylic acids is 1. The number of nitrogen functional groups attached to an aromatic ring is 1. The Labute approximate surface area is 85.0 Å². The Morgan fingerprint density at radius 3 is 2.87 bits per heavy atom. The third kappa shape index (κ3) is 1.64. The van der Waals surface area contributed by atoms with Crippen LogP contribution in [-0.2, 0) is 0 Å². The maximum atomic E-state index is 11.0. The summed E-state index contributed by atoms with van der Waals surface area (Å²) in [6.45, 7) is 0. The van der Waals surface area contributed by atoms with Crippen LogP contribution in [-0.4, -0.2) is 25.8 Å². The standard InChI is InChI=1S/C9H8N4O2/c10-6-1-2-8(7(3-6)9(14)15)13-5-11-4-12-13/h1-5H,10H2,(H,14,15). The third-order valence-corrected chi connectivity index (χ3v) is 1.92. The van der Waals surface area contributed by atoms with Crippen molar-refractivity contribution in [3.63, 3.8) is 0 Å². The molecule has 0 unspecified atom stereocenters. The summed E-state index contributed by atoms with van der Waals surface area (Å²) in [5.41, 5.74) is 6.45. The Balaban J connectivity index is 2.61. The van der Waals surface area contributed by atoms with E-state index < -0.39 is 5.97 Å². The minimum Gasteiger partial charge on any atom is -0.478 e. The number of hydrogen-bond acceptors (Lipinski definition) is 4. The highest BCUT2D eigenvalue weighted by Gasteiger charge is 2.12. The van der Waals surface area contributed by atoms with Gasteiger partial charge in [-0.1, -0.05) is 0 Å². The van der Waals surface area contributed by atoms with Crippen LogP contribution in [0, 0.1) is 0 Å². The second kappa shape index (κ2) is 3.41. The van der Waals surface area contributed by atoms with Crippen molar-refractivity contribution in [3.8, 4) is 5.69 Å². The van der Waals surface area contributed by atoms with Crippen LogP contribution < -0.4 is 5.73 Å². The lowest BCUT2D eigenvalue weighted by atomic mass is 10.1. The smallest absolute Gasteiger partial charge is 0.337 e. The van der Waals surface area contributed by atoms with Crippen LogP contribution in [0.1, 0.15) is 10.4 Å². The normalized spacial score (nSPS) is 10.1. The van der Waals surface area contributed by atoms with Crippen molar-refractivity contribution in [2.45, 2.75) is 0 Å². The molecule has 0 spiro atoms. The fourth-order valence-corrected chi connectivity index (χ4v) is 1.26. The van der Waals surface area contributed by atoms with Gasteiger partial charge in [0.05, 0.1) is 11.3 Å². The highest BCUT2D eigenvalue weighted by molar-refractivity contribution is 5.93. The molecule has 2 aromatic rings. The molecule has 0 aliphatic rings. The van der Waals surface area contributed by atoms with Gasteiger partial charge in [-0.05, 0) is 18.2 Å². The van der Waals surface area contributed by atoms with Crippen molar-refractivity contribution >= 4 is 11.7 Å². The summed E-state index contributed by atoms with van der Waals surface area (Å²) in [5.74, 6) is -1.05. The van der Waals surface area contributed by atoms with E-state index >= 15 is 0 Å². The summed E-state index contributed by atoms with van der Waals surface area (Å²) in [6, 6.07) is 4.59. The summed E-state index contributed by atoms with van der Waals surface area (Å²) in [4.78, 5) is 14.7. The van der Waals surface area contributed by atoms with Crippen molar-refractivity contribution in [1.82, 2.24) is 14.8 Å².